The SMILES string of the molecule is Oc1cc(C(O)(c2ccccc2)c2ccccc2)c(O)cc1C(O)(c1ccccc1)c1ccccc1. The predicted octanol–water partition coefficient (Wildman–Crippen LogP) is 5.67. The van der Waals surface area contributed by atoms with Gasteiger partial charge < -0.3 is 20.4 Å². The quantitative estimate of drug-likeness (QED) is 0.189. The van der Waals surface area contributed by atoms with Gasteiger partial charge in [-0.3, -0.25) is 0 Å². The first-order valence-corrected chi connectivity index (χ1v) is 11.7. The summed E-state index contributed by atoms with van der Waals surface area (Å²) in [5, 5.41) is 46.9. The molecule has 0 aliphatic rings. The maximum Gasteiger partial charge on any atom is 0.144 e. The lowest BCUT2D eigenvalue weighted by Gasteiger charge is -2.34. The van der Waals surface area contributed by atoms with Gasteiger partial charge in [0.1, 0.15) is 22.7 Å². The van der Waals surface area contributed by atoms with E-state index in [1.807, 2.05) is 24.3 Å². The van der Waals surface area contributed by atoms with Crippen molar-refractivity contribution in [3.05, 3.63) is 167 Å². The summed E-state index contributed by atoms with van der Waals surface area (Å²) in [6.45, 7) is 0. The number of aliphatic hydroxyl groups is 2. The van der Waals surface area contributed by atoms with E-state index < -0.39 is 11.2 Å². The van der Waals surface area contributed by atoms with Crippen molar-refractivity contribution < 1.29 is 20.4 Å². The van der Waals surface area contributed by atoms with Crippen LogP contribution >= 0.6 is 0 Å². The third kappa shape index (κ3) is 3.83. The van der Waals surface area contributed by atoms with Crippen molar-refractivity contribution >= 4 is 0 Å². The third-order valence-corrected chi connectivity index (χ3v) is 6.66. The van der Waals surface area contributed by atoms with E-state index >= 15 is 0 Å². The normalized spacial score (nSPS) is 11.8. The van der Waals surface area contributed by atoms with Crippen LogP contribution < -0.4 is 0 Å². The number of phenols is 2. The Morgan fingerprint density at radius 1 is 0.361 bits per heavy atom. The summed E-state index contributed by atoms with van der Waals surface area (Å²) < 4.78 is 0. The predicted molar refractivity (Wildman–Crippen MR) is 140 cm³/mol. The highest BCUT2D eigenvalue weighted by Gasteiger charge is 2.41. The average Bonchev–Trinajstić information content (AvgIpc) is 2.95. The van der Waals surface area contributed by atoms with Crippen molar-refractivity contribution in [1.29, 1.82) is 0 Å². The Morgan fingerprint density at radius 3 is 0.806 bits per heavy atom. The number of benzene rings is 5. The molecule has 4 nitrogen and oxygen atoms in total. The second-order valence-corrected chi connectivity index (χ2v) is 8.77. The Hall–Kier alpha value is -4.38. The number of hydrogen-bond donors (Lipinski definition) is 4. The molecule has 5 rings (SSSR count). The Bertz CT molecular complexity index is 1260. The molecule has 4 N–H and O–H groups in total. The van der Waals surface area contributed by atoms with Crippen molar-refractivity contribution in [2.75, 3.05) is 0 Å². The molecule has 36 heavy (non-hydrogen) atoms. The van der Waals surface area contributed by atoms with Crippen LogP contribution in [-0.4, -0.2) is 20.4 Å². The van der Waals surface area contributed by atoms with Gasteiger partial charge in [-0.05, 0) is 34.4 Å². The van der Waals surface area contributed by atoms with Crippen LogP contribution in [-0.2, 0) is 11.2 Å². The van der Waals surface area contributed by atoms with Crippen molar-refractivity contribution in [3.63, 3.8) is 0 Å². The van der Waals surface area contributed by atoms with Gasteiger partial charge in [0, 0.05) is 11.1 Å². The van der Waals surface area contributed by atoms with Crippen LogP contribution in [0.15, 0.2) is 133 Å². The van der Waals surface area contributed by atoms with Crippen LogP contribution in [0, 0.1) is 0 Å². The smallest absolute Gasteiger partial charge is 0.144 e. The van der Waals surface area contributed by atoms with Crippen molar-refractivity contribution in [1.82, 2.24) is 0 Å². The van der Waals surface area contributed by atoms with Crippen LogP contribution in [0.1, 0.15) is 33.4 Å². The number of hydrogen-bond acceptors (Lipinski definition) is 4. The van der Waals surface area contributed by atoms with Gasteiger partial charge in [0.25, 0.3) is 0 Å². The van der Waals surface area contributed by atoms with Gasteiger partial charge in [0.2, 0.25) is 0 Å². The first kappa shape index (κ1) is 23.4. The van der Waals surface area contributed by atoms with E-state index in [0.717, 1.165) is 0 Å². The summed E-state index contributed by atoms with van der Waals surface area (Å²) in [6, 6.07) is 38.6. The molecule has 0 aromatic heterocycles. The molecular formula is C32H26O4. The van der Waals surface area contributed by atoms with Gasteiger partial charge in [-0.15, -0.1) is 0 Å². The minimum Gasteiger partial charge on any atom is -0.508 e. The molecule has 5 aromatic carbocycles. The lowest BCUT2D eigenvalue weighted by atomic mass is 9.76. The van der Waals surface area contributed by atoms with Crippen molar-refractivity contribution in [2.24, 2.45) is 0 Å². The summed E-state index contributed by atoms with van der Waals surface area (Å²) in [5.74, 6) is -0.522. The minimum atomic E-state index is -1.75. The Morgan fingerprint density at radius 2 is 0.583 bits per heavy atom. The summed E-state index contributed by atoms with van der Waals surface area (Å²) in [5.41, 5.74) is -1.19. The second-order valence-electron chi connectivity index (χ2n) is 8.77. The first-order valence-electron chi connectivity index (χ1n) is 11.7. The summed E-state index contributed by atoms with van der Waals surface area (Å²) in [7, 11) is 0. The van der Waals surface area contributed by atoms with E-state index in [1.54, 1.807) is 97.1 Å². The summed E-state index contributed by atoms with van der Waals surface area (Å²) in [4.78, 5) is 0. The molecule has 0 radical (unpaired) electrons. The Kier molecular flexibility index (Phi) is 6.06. The van der Waals surface area contributed by atoms with Gasteiger partial charge in [-0.1, -0.05) is 121 Å². The van der Waals surface area contributed by atoms with E-state index in [9.17, 15) is 20.4 Å². The molecule has 0 unspecified atom stereocenters. The molecule has 4 heteroatoms. The maximum atomic E-state index is 12.1. The van der Waals surface area contributed by atoms with Crippen LogP contribution in [0.25, 0.3) is 0 Å². The number of rotatable bonds is 6. The zero-order valence-corrected chi connectivity index (χ0v) is 19.5. The monoisotopic (exact) mass is 474 g/mol. The Labute approximate surface area is 210 Å². The van der Waals surface area contributed by atoms with E-state index in [2.05, 4.69) is 0 Å². The molecule has 0 heterocycles. The average molecular weight is 475 g/mol. The molecule has 0 saturated heterocycles. The first-order chi connectivity index (χ1) is 17.5. The lowest BCUT2D eigenvalue weighted by molar-refractivity contribution is 0.116. The van der Waals surface area contributed by atoms with Crippen molar-refractivity contribution in [3.8, 4) is 11.5 Å². The number of aromatic hydroxyl groups is 2. The molecule has 0 aliphatic carbocycles. The fourth-order valence-electron chi connectivity index (χ4n) is 4.83. The fraction of sp³-hybridized carbons (Fsp3) is 0.0625. The molecule has 5 aromatic rings. The number of phenolic OH excluding ortho intramolecular Hbond substituents is 2. The van der Waals surface area contributed by atoms with Gasteiger partial charge in [0.05, 0.1) is 0 Å². The minimum absolute atomic E-state index is 0.102. The van der Waals surface area contributed by atoms with E-state index in [-0.39, 0.29) is 22.6 Å². The summed E-state index contributed by atoms with van der Waals surface area (Å²) in [6.07, 6.45) is 0. The topological polar surface area (TPSA) is 80.9 Å². The Balaban J connectivity index is 1.76. The van der Waals surface area contributed by atoms with Crippen LogP contribution in [0.5, 0.6) is 11.5 Å². The highest BCUT2D eigenvalue weighted by molar-refractivity contribution is 5.60. The largest absolute Gasteiger partial charge is 0.508 e. The van der Waals surface area contributed by atoms with E-state index in [0.29, 0.717) is 22.3 Å². The van der Waals surface area contributed by atoms with Gasteiger partial charge in [-0.2, -0.15) is 0 Å². The molecule has 0 atom stereocenters. The molecule has 178 valence electrons. The molecule has 0 aliphatic heterocycles. The van der Waals surface area contributed by atoms with Gasteiger partial charge in [0.15, 0.2) is 0 Å². The van der Waals surface area contributed by atoms with Crippen molar-refractivity contribution in [2.45, 2.75) is 11.2 Å². The molecule has 0 bridgehead atoms. The van der Waals surface area contributed by atoms with E-state index in [4.69, 9.17) is 0 Å². The highest BCUT2D eigenvalue weighted by atomic mass is 16.3. The maximum absolute atomic E-state index is 12.1. The van der Waals surface area contributed by atoms with Gasteiger partial charge in [-0.25, -0.2) is 0 Å². The molecule has 0 spiro atoms. The standard InChI is InChI=1S/C32H26O4/c33-29-22-28(32(36,25-17-9-3-10-18-25)26-19-11-4-12-20-26)30(34)21-27(29)31(35,23-13-5-1-6-14-23)24-15-7-2-8-16-24/h1-22,33-36H. The second kappa shape index (κ2) is 9.34. The van der Waals surface area contributed by atoms with Gasteiger partial charge >= 0.3 is 0 Å². The zero-order valence-electron chi connectivity index (χ0n) is 19.5. The van der Waals surface area contributed by atoms with Crippen LogP contribution in [0.2, 0.25) is 0 Å². The van der Waals surface area contributed by atoms with E-state index in [1.165, 1.54) is 12.1 Å². The molecule has 0 amide bonds. The summed E-state index contributed by atoms with van der Waals surface area (Å²) >= 11 is 0. The zero-order chi connectivity index (χ0) is 25.2. The van der Waals surface area contributed by atoms with Crippen LogP contribution in [0.3, 0.4) is 0 Å². The molecule has 0 fully saturated rings. The molecular weight excluding hydrogens is 448 g/mol. The third-order valence-electron chi connectivity index (χ3n) is 6.66. The fourth-order valence-corrected chi connectivity index (χ4v) is 4.83. The molecule has 0 saturated carbocycles. The van der Waals surface area contributed by atoms with Crippen LogP contribution in [0.4, 0.5) is 0 Å². The lowest BCUT2D eigenvalue weighted by Crippen LogP contribution is -2.31. The highest BCUT2D eigenvalue weighted by Crippen LogP contribution is 2.47.